The number of carboxylic acid groups (broad SMARTS) is 1. The molecule has 0 radical (unpaired) electrons. The van der Waals surface area contributed by atoms with Crippen molar-refractivity contribution in [1.82, 2.24) is 49.0 Å². The maximum atomic E-state index is 12.2. The predicted molar refractivity (Wildman–Crippen MR) is 341 cm³/mol. The fourth-order valence-corrected chi connectivity index (χ4v) is 7.44. The minimum absolute atomic E-state index is 0.118. The molecule has 6 N–H and O–H groups in total. The number of amides is 1. The van der Waals surface area contributed by atoms with Crippen molar-refractivity contribution in [1.29, 1.82) is 0 Å². The molecule has 23 nitrogen and oxygen atoms in total. The summed E-state index contributed by atoms with van der Waals surface area (Å²) in [5.74, 6) is 2.40. The molecule has 0 aliphatic carbocycles. The topological polar surface area (TPSA) is 317 Å². The van der Waals surface area contributed by atoms with Crippen LogP contribution in [0, 0.1) is 0 Å². The van der Waals surface area contributed by atoms with Crippen LogP contribution in [0.2, 0.25) is 10.3 Å². The predicted octanol–water partition coefficient (Wildman–Crippen LogP) is 7.74. The molecule has 1 amide bonds. The molecule has 0 bridgehead atoms. The van der Waals surface area contributed by atoms with Gasteiger partial charge in [-0.2, -0.15) is 0 Å². The van der Waals surface area contributed by atoms with E-state index in [1.54, 1.807) is 102 Å². The molecule has 27 heteroatoms. The quantitative estimate of drug-likeness (QED) is 0.0372. The highest BCUT2D eigenvalue weighted by Gasteiger charge is 2.11. The van der Waals surface area contributed by atoms with Gasteiger partial charge in [-0.25, -0.2) is 44.7 Å². The first-order valence-electron chi connectivity index (χ1n) is 26.4. The van der Waals surface area contributed by atoms with Gasteiger partial charge >= 0.3 is 13.1 Å². The number of hydrogen-bond acceptors (Lipinski definition) is 19. The van der Waals surface area contributed by atoms with E-state index in [2.05, 4.69) is 45.2 Å². The maximum Gasteiger partial charge on any atom is 0.490 e. The van der Waals surface area contributed by atoms with Gasteiger partial charge in [-0.15, -0.1) is 11.6 Å². The molecule has 0 aliphatic heterocycles. The lowest BCUT2D eigenvalue weighted by molar-refractivity contribution is 0.0695. The minimum atomic E-state index is -1.46. The highest BCUT2D eigenvalue weighted by molar-refractivity contribution is 6.58. The fraction of sp³-hybridized carbons (Fsp3) is 0.161. The maximum absolute atomic E-state index is 12.2. The smallest absolute Gasteiger partial charge is 0.481 e. The Morgan fingerprint density at radius 2 is 0.854 bits per heavy atom. The zero-order chi connectivity index (χ0) is 64.7. The van der Waals surface area contributed by atoms with E-state index in [-0.39, 0.29) is 22.6 Å². The Bertz CT molecular complexity index is 3790. The van der Waals surface area contributed by atoms with Crippen LogP contribution >= 0.6 is 34.8 Å². The number of nitrogens with zero attached hydrogens (tertiary/aromatic N) is 10. The van der Waals surface area contributed by atoms with Crippen LogP contribution in [0.15, 0.2) is 193 Å². The third-order valence-corrected chi connectivity index (χ3v) is 12.6. The summed E-state index contributed by atoms with van der Waals surface area (Å²) >= 11 is 16.7. The van der Waals surface area contributed by atoms with Gasteiger partial charge in [0.25, 0.3) is 5.91 Å². The standard InChI is InChI=1S/C19H18N4O3.C12H11ClN2O.C12H13N3O.C7H7NO3.C6H8BNO3.C6H5Cl2N/c1-23-12-15(5-8-18(23)24)19(25)22-16-6-3-13(10-20-16)9-14-4-7-17(26-2)21-11-14;2*1-16-12-5-3-10(8-15-12)6-9-2-4-11(13)14-7-9;1-8-4-5(7(10)11)2-3-6(8)9;1-11-6-3-2-5(4-8-6)7(9)10;7-3-5-1-2-6(8)9-4-5/h3-8,10-12H,9H2,1-2H3,(H,20,22,25);2-5,7-8H,6H2,1H3;2-5,7-8H,6H2,1H3,(H2,13,14);2-4H,1H3,(H,10,11);2-4,9-10H,1H3;1-2,4H,3H2. The lowest BCUT2D eigenvalue weighted by Gasteiger charge is -2.07. The minimum Gasteiger partial charge on any atom is -0.481 e. The summed E-state index contributed by atoms with van der Waals surface area (Å²) in [5.41, 5.74) is 13.5. The van der Waals surface area contributed by atoms with E-state index in [9.17, 15) is 19.2 Å². The molecule has 0 spiro atoms. The molecule has 0 saturated carbocycles. The van der Waals surface area contributed by atoms with Crippen molar-refractivity contribution in [3.05, 3.63) is 264 Å². The Morgan fingerprint density at radius 1 is 0.483 bits per heavy atom. The largest absolute Gasteiger partial charge is 0.490 e. The molecular weight excluding hydrogens is 1210 g/mol. The number of nitrogen functional groups attached to an aromatic ring is 1. The zero-order valence-electron chi connectivity index (χ0n) is 49.0. The lowest BCUT2D eigenvalue weighted by atomic mass is 9.82. The molecule has 0 fully saturated rings. The number of carbonyl (C=O) groups excluding carboxylic acids is 1. The summed E-state index contributed by atoms with van der Waals surface area (Å²) < 4.78 is 22.4. The number of aromatic carboxylic acids is 1. The third-order valence-electron chi connectivity index (χ3n) is 11.8. The van der Waals surface area contributed by atoms with Gasteiger partial charge in [-0.1, -0.05) is 71.7 Å². The molecule has 10 heterocycles. The summed E-state index contributed by atoms with van der Waals surface area (Å²) in [4.78, 5) is 77.1. The first-order chi connectivity index (χ1) is 42.8. The molecule has 0 atom stereocenters. The number of halogens is 3. The second-order valence-electron chi connectivity index (χ2n) is 18.4. The number of nitrogens with two attached hydrogens (primary N) is 1. The summed E-state index contributed by atoms with van der Waals surface area (Å²) in [6.45, 7) is 0. The van der Waals surface area contributed by atoms with Crippen molar-refractivity contribution in [3.63, 3.8) is 0 Å². The number of rotatable bonds is 15. The number of aromatic nitrogens is 10. The Kier molecular flexibility index (Phi) is 28.8. The van der Waals surface area contributed by atoms with Crippen LogP contribution in [0.3, 0.4) is 0 Å². The highest BCUT2D eigenvalue weighted by atomic mass is 35.5. The summed E-state index contributed by atoms with van der Waals surface area (Å²) in [6.07, 6.45) is 18.7. The number of nitrogens with one attached hydrogen (secondary N) is 1. The fourth-order valence-electron chi connectivity index (χ4n) is 7.06. The Hall–Kier alpha value is -10.1. The number of alkyl halides is 1. The number of ether oxygens (including phenoxy) is 4. The molecule has 0 aliphatic rings. The van der Waals surface area contributed by atoms with E-state index in [4.69, 9.17) is 74.6 Å². The average Bonchev–Trinajstić information content (AvgIpc) is 3.72. The van der Waals surface area contributed by atoms with Crippen molar-refractivity contribution in [2.24, 2.45) is 14.1 Å². The van der Waals surface area contributed by atoms with Crippen molar-refractivity contribution in [2.75, 3.05) is 39.5 Å². The van der Waals surface area contributed by atoms with Gasteiger partial charge < -0.3 is 54.3 Å². The van der Waals surface area contributed by atoms with Crippen LogP contribution in [0.5, 0.6) is 23.5 Å². The number of anilines is 2. The Balaban J connectivity index is 0.000000202. The van der Waals surface area contributed by atoms with Crippen LogP contribution in [0.4, 0.5) is 11.6 Å². The van der Waals surface area contributed by atoms with Gasteiger partial charge in [0.1, 0.15) is 21.9 Å². The number of aryl methyl sites for hydroxylation is 2. The van der Waals surface area contributed by atoms with E-state index < -0.39 is 13.1 Å². The molecule has 10 aromatic rings. The number of hydrogen-bond donors (Lipinski definition) is 5. The number of methoxy groups -OCH3 is 4. The molecule has 0 aromatic carbocycles. The Labute approximate surface area is 527 Å². The second kappa shape index (κ2) is 36.8. The SMILES string of the molecule is COc1ccc(B(O)O)cn1.COc1ccc(Cc2ccc(Cl)nc2)cn1.COc1ccc(Cc2ccc(N)nc2)cn1.COc1ccc(Cc2ccc(NC(=O)c3ccc(=O)n(C)c3)nc2)cn1.ClCc1ccc(Cl)nc1.Cn1cc(C(=O)O)ccc1=O. The van der Waals surface area contributed by atoms with Crippen LogP contribution in [-0.4, -0.2) is 112 Å². The number of carboxylic acids is 1. The normalized spacial score (nSPS) is 9.97. The van der Waals surface area contributed by atoms with Crippen LogP contribution in [0.1, 0.15) is 59.7 Å². The van der Waals surface area contributed by atoms with Crippen LogP contribution in [-0.2, 0) is 39.2 Å². The first kappa shape index (κ1) is 69.7. The van der Waals surface area contributed by atoms with Crippen molar-refractivity contribution < 1.29 is 43.7 Å². The molecule has 460 valence electrons. The van der Waals surface area contributed by atoms with Crippen LogP contribution < -0.4 is 46.6 Å². The van der Waals surface area contributed by atoms with E-state index >= 15 is 0 Å². The Morgan fingerprint density at radius 3 is 1.18 bits per heavy atom. The van der Waals surface area contributed by atoms with Crippen molar-refractivity contribution >= 4 is 70.9 Å². The van der Waals surface area contributed by atoms with Gasteiger partial charge in [0, 0.05) is 137 Å². The van der Waals surface area contributed by atoms with Gasteiger partial charge in [0.15, 0.2) is 0 Å². The molecule has 10 aromatic heterocycles. The molecule has 0 saturated heterocycles. The molecular formula is C62H62BCl3N12O11. The highest BCUT2D eigenvalue weighted by Crippen LogP contribution is 2.16. The third kappa shape index (κ3) is 25.0. The van der Waals surface area contributed by atoms with Gasteiger partial charge in [-0.3, -0.25) is 14.4 Å². The summed E-state index contributed by atoms with van der Waals surface area (Å²) in [5, 5.41) is 29.5. The summed E-state index contributed by atoms with van der Waals surface area (Å²) in [7, 11) is 7.92. The second-order valence-corrected chi connectivity index (χ2v) is 19.5. The number of pyridine rings is 10. The van der Waals surface area contributed by atoms with E-state index in [0.29, 0.717) is 68.8 Å². The molecule has 0 unspecified atom stereocenters. The van der Waals surface area contributed by atoms with Gasteiger partial charge in [0.05, 0.1) is 39.6 Å². The molecule has 89 heavy (non-hydrogen) atoms. The van der Waals surface area contributed by atoms with E-state index in [1.807, 2.05) is 60.7 Å². The van der Waals surface area contributed by atoms with Crippen molar-refractivity contribution in [2.45, 2.75) is 25.1 Å². The van der Waals surface area contributed by atoms with Crippen molar-refractivity contribution in [3.8, 4) is 23.5 Å². The average molecular weight is 1270 g/mol. The van der Waals surface area contributed by atoms with Crippen LogP contribution in [0.25, 0.3) is 0 Å². The van der Waals surface area contributed by atoms with E-state index in [0.717, 1.165) is 51.8 Å². The van der Waals surface area contributed by atoms with Gasteiger partial charge in [0.2, 0.25) is 34.6 Å². The summed E-state index contributed by atoms with van der Waals surface area (Å²) in [6, 6.07) is 34.6. The monoisotopic (exact) mass is 1270 g/mol. The zero-order valence-corrected chi connectivity index (χ0v) is 51.3. The van der Waals surface area contributed by atoms with Gasteiger partial charge in [-0.05, 0) is 81.4 Å². The van der Waals surface area contributed by atoms with E-state index in [1.165, 1.54) is 72.2 Å². The lowest BCUT2D eigenvalue weighted by Crippen LogP contribution is -2.29. The first-order valence-corrected chi connectivity index (χ1v) is 27.7. The molecule has 10 rings (SSSR count). The number of carbonyl (C=O) groups is 2.